The molecule has 0 bridgehead atoms. The first-order valence-electron chi connectivity index (χ1n) is 16.7. The lowest BCUT2D eigenvalue weighted by Gasteiger charge is -2.29. The lowest BCUT2D eigenvalue weighted by Crippen LogP contribution is -2.53. The van der Waals surface area contributed by atoms with Gasteiger partial charge in [0.1, 0.15) is 12.1 Å². The summed E-state index contributed by atoms with van der Waals surface area (Å²) in [6, 6.07) is 9.74. The van der Waals surface area contributed by atoms with E-state index in [1.54, 1.807) is 11.9 Å². The van der Waals surface area contributed by atoms with Crippen LogP contribution in [-0.4, -0.2) is 63.5 Å². The van der Waals surface area contributed by atoms with Gasteiger partial charge < -0.3 is 15.8 Å². The minimum atomic E-state index is -0.742. The van der Waals surface area contributed by atoms with Gasteiger partial charge in [-0.1, -0.05) is 24.3 Å². The maximum Gasteiger partial charge on any atom is 0.329 e. The van der Waals surface area contributed by atoms with Gasteiger partial charge in [-0.05, 0) is 74.3 Å². The van der Waals surface area contributed by atoms with E-state index in [4.69, 9.17) is 10.5 Å². The summed E-state index contributed by atoms with van der Waals surface area (Å²) in [6.07, 6.45) is 4.06. The highest BCUT2D eigenvalue weighted by atomic mass is 16.5. The smallest absolute Gasteiger partial charge is 0.329 e. The van der Waals surface area contributed by atoms with Crippen molar-refractivity contribution in [3.8, 4) is 0 Å². The molecule has 0 aliphatic carbocycles. The number of imidazole rings is 1. The summed E-state index contributed by atoms with van der Waals surface area (Å²) in [5.41, 5.74) is 10.4. The van der Waals surface area contributed by atoms with Gasteiger partial charge in [0.05, 0.1) is 28.9 Å². The molecule has 1 aromatic heterocycles. The SMILES string of the molecule is C[C@@H](OCCCc1ccc2c(c1)n(C)c(=O)n2C1CCC(=O)NC1=O)[C@H](CCC(N)=O)NC(=O)[C@@H]1Cc2cccc3c2N1C(=O)CCC3. The quantitative estimate of drug-likeness (QED) is 0.196. The Bertz CT molecular complexity index is 1840. The molecule has 0 saturated carbocycles. The second-order valence-corrected chi connectivity index (χ2v) is 13.1. The van der Waals surface area contributed by atoms with Crippen molar-refractivity contribution in [2.75, 3.05) is 11.5 Å². The van der Waals surface area contributed by atoms with Gasteiger partial charge in [0, 0.05) is 39.3 Å². The Morgan fingerprint density at radius 1 is 1.06 bits per heavy atom. The van der Waals surface area contributed by atoms with E-state index in [1.165, 1.54) is 9.13 Å². The van der Waals surface area contributed by atoms with Crippen LogP contribution in [0.3, 0.4) is 0 Å². The van der Waals surface area contributed by atoms with Crippen LogP contribution in [-0.2, 0) is 55.0 Å². The number of anilines is 1. The molecule has 6 rings (SSSR count). The number of nitrogens with two attached hydrogens (primary N) is 1. The van der Waals surface area contributed by atoms with E-state index in [0.29, 0.717) is 49.7 Å². The summed E-state index contributed by atoms with van der Waals surface area (Å²) in [5.74, 6) is -1.61. The van der Waals surface area contributed by atoms with E-state index >= 15 is 0 Å². The average molecular weight is 659 g/mol. The number of nitrogens with zero attached hydrogens (tertiary/aromatic N) is 3. The Hall–Kier alpha value is -4.78. The summed E-state index contributed by atoms with van der Waals surface area (Å²) < 4.78 is 9.13. The molecule has 0 radical (unpaired) electrons. The molecule has 4 atom stereocenters. The number of carbonyl (C=O) groups excluding carboxylic acids is 5. The van der Waals surface area contributed by atoms with Crippen molar-refractivity contribution >= 4 is 46.3 Å². The van der Waals surface area contributed by atoms with Crippen LogP contribution in [0, 0.1) is 0 Å². The summed E-state index contributed by atoms with van der Waals surface area (Å²) in [4.78, 5) is 77.3. The van der Waals surface area contributed by atoms with Crippen molar-refractivity contribution in [2.24, 2.45) is 12.8 Å². The number of primary amides is 1. The van der Waals surface area contributed by atoms with Crippen molar-refractivity contribution in [3.63, 3.8) is 0 Å². The highest BCUT2D eigenvalue weighted by molar-refractivity contribution is 6.04. The monoisotopic (exact) mass is 658 g/mol. The zero-order chi connectivity index (χ0) is 34.1. The Labute approximate surface area is 277 Å². The number of imide groups is 1. The number of piperidine rings is 1. The van der Waals surface area contributed by atoms with Crippen molar-refractivity contribution < 1.29 is 28.7 Å². The molecule has 4 N–H and O–H groups in total. The number of hydrogen-bond acceptors (Lipinski definition) is 7. The number of para-hydroxylation sites is 1. The van der Waals surface area contributed by atoms with Crippen LogP contribution >= 0.6 is 0 Å². The van der Waals surface area contributed by atoms with E-state index in [9.17, 15) is 28.8 Å². The zero-order valence-electron chi connectivity index (χ0n) is 27.3. The predicted octanol–water partition coefficient (Wildman–Crippen LogP) is 1.70. The van der Waals surface area contributed by atoms with Crippen LogP contribution in [0.15, 0.2) is 41.2 Å². The van der Waals surface area contributed by atoms with Gasteiger partial charge >= 0.3 is 5.69 Å². The molecule has 2 aromatic carbocycles. The van der Waals surface area contributed by atoms with E-state index < -0.39 is 36.0 Å². The van der Waals surface area contributed by atoms with Crippen LogP contribution in [0.4, 0.5) is 5.69 Å². The maximum atomic E-state index is 13.7. The number of nitrogens with one attached hydrogen (secondary N) is 2. The largest absolute Gasteiger partial charge is 0.376 e. The maximum absolute atomic E-state index is 13.7. The topological polar surface area (TPSA) is 175 Å². The van der Waals surface area contributed by atoms with Gasteiger partial charge in [-0.3, -0.25) is 43.3 Å². The number of ether oxygens (including phenoxy) is 1. The zero-order valence-corrected chi connectivity index (χ0v) is 27.3. The molecule has 254 valence electrons. The number of fused-ring (bicyclic) bond motifs is 1. The van der Waals surface area contributed by atoms with Crippen LogP contribution in [0.2, 0.25) is 0 Å². The summed E-state index contributed by atoms with van der Waals surface area (Å²) in [7, 11) is 1.66. The molecule has 13 nitrogen and oxygen atoms in total. The predicted molar refractivity (Wildman–Crippen MR) is 177 cm³/mol. The van der Waals surface area contributed by atoms with Crippen LogP contribution < -0.4 is 27.0 Å². The number of benzene rings is 2. The fourth-order valence-corrected chi connectivity index (χ4v) is 7.29. The van der Waals surface area contributed by atoms with E-state index in [0.717, 1.165) is 35.2 Å². The molecule has 3 aliphatic rings. The molecular weight excluding hydrogens is 616 g/mol. The summed E-state index contributed by atoms with van der Waals surface area (Å²) in [5, 5.41) is 5.40. The molecule has 13 heteroatoms. The van der Waals surface area contributed by atoms with Gasteiger partial charge in [-0.25, -0.2) is 4.79 Å². The standard InChI is InChI=1S/C35H42N6O7/c1-20(24(12-15-29(36)42)37-34(46)28-19-23-9-3-7-22-8-4-10-31(44)41(28)32(22)23)48-17-5-6-21-11-13-25-27(18-21)39(2)35(47)40(25)26-14-16-30(43)38-33(26)45/h3,7,9,11,13,18,20,24,26,28H,4-6,8,10,12,14-17,19H2,1-2H3,(H2,36,42)(H,37,46)(H,38,43,45)/t20-,24+,26?,28+/m1/s1. The van der Waals surface area contributed by atoms with Crippen LogP contribution in [0.5, 0.6) is 0 Å². The number of amides is 5. The van der Waals surface area contributed by atoms with Crippen LogP contribution in [0.1, 0.15) is 74.6 Å². The molecule has 48 heavy (non-hydrogen) atoms. The molecule has 4 heterocycles. The first-order chi connectivity index (χ1) is 23.0. The molecule has 1 fully saturated rings. The van der Waals surface area contributed by atoms with Gasteiger partial charge in [-0.2, -0.15) is 0 Å². The van der Waals surface area contributed by atoms with Crippen molar-refractivity contribution in [2.45, 2.75) is 95.4 Å². The van der Waals surface area contributed by atoms with E-state index in [1.807, 2.05) is 43.3 Å². The number of aromatic nitrogens is 2. The Kier molecular flexibility index (Phi) is 9.49. The number of rotatable bonds is 12. The lowest BCUT2D eigenvalue weighted by molar-refractivity contribution is -0.135. The Morgan fingerprint density at radius 2 is 1.85 bits per heavy atom. The van der Waals surface area contributed by atoms with Gasteiger partial charge in [0.2, 0.25) is 29.5 Å². The number of carbonyl (C=O) groups is 5. The molecule has 5 amide bonds. The van der Waals surface area contributed by atoms with Gasteiger partial charge in [-0.15, -0.1) is 0 Å². The summed E-state index contributed by atoms with van der Waals surface area (Å²) >= 11 is 0. The minimum absolute atomic E-state index is 0.0531. The molecule has 1 saturated heterocycles. The molecule has 0 spiro atoms. The molecule has 3 aromatic rings. The fraction of sp³-hybridized carbons (Fsp3) is 0.486. The van der Waals surface area contributed by atoms with Crippen LogP contribution in [0.25, 0.3) is 11.0 Å². The number of aryl methyl sites for hydroxylation is 3. The van der Waals surface area contributed by atoms with Crippen molar-refractivity contribution in [1.82, 2.24) is 19.8 Å². The highest BCUT2D eigenvalue weighted by Crippen LogP contribution is 2.39. The second kappa shape index (κ2) is 13.8. The highest BCUT2D eigenvalue weighted by Gasteiger charge is 2.41. The van der Waals surface area contributed by atoms with E-state index in [2.05, 4.69) is 10.6 Å². The third kappa shape index (κ3) is 6.51. The second-order valence-electron chi connectivity index (χ2n) is 13.1. The average Bonchev–Trinajstić information content (AvgIpc) is 3.50. The molecular formula is C35H42N6O7. The van der Waals surface area contributed by atoms with Crippen molar-refractivity contribution in [3.05, 3.63) is 63.6 Å². The van der Waals surface area contributed by atoms with Gasteiger partial charge in [0.25, 0.3) is 0 Å². The first kappa shape index (κ1) is 33.1. The third-order valence-corrected chi connectivity index (χ3v) is 9.84. The minimum Gasteiger partial charge on any atom is -0.376 e. The van der Waals surface area contributed by atoms with E-state index in [-0.39, 0.29) is 42.7 Å². The third-order valence-electron chi connectivity index (χ3n) is 9.84. The Morgan fingerprint density at radius 3 is 2.62 bits per heavy atom. The molecule has 3 aliphatic heterocycles. The van der Waals surface area contributed by atoms with Crippen molar-refractivity contribution in [1.29, 1.82) is 0 Å². The normalized spacial score (nSPS) is 20.3. The molecule has 1 unspecified atom stereocenters. The Balaban J connectivity index is 1.08. The van der Waals surface area contributed by atoms with Gasteiger partial charge in [0.15, 0.2) is 0 Å². The number of hydrogen-bond donors (Lipinski definition) is 3. The summed E-state index contributed by atoms with van der Waals surface area (Å²) in [6.45, 7) is 2.23. The first-order valence-corrected chi connectivity index (χ1v) is 16.7. The fourth-order valence-electron chi connectivity index (χ4n) is 7.29. The lowest BCUT2D eigenvalue weighted by atomic mass is 10.0.